The summed E-state index contributed by atoms with van der Waals surface area (Å²) < 4.78 is 50.3. The van der Waals surface area contributed by atoms with Crippen molar-refractivity contribution in [3.63, 3.8) is 0 Å². The van der Waals surface area contributed by atoms with Gasteiger partial charge in [-0.1, -0.05) is 12.1 Å². The fourth-order valence-electron chi connectivity index (χ4n) is 5.71. The first-order valence-corrected chi connectivity index (χ1v) is 12.7. The molecule has 5 aromatic rings. The lowest BCUT2D eigenvalue weighted by Crippen LogP contribution is -2.38. The van der Waals surface area contributed by atoms with Crippen LogP contribution in [0.1, 0.15) is 40.1 Å². The molecule has 39 heavy (non-hydrogen) atoms. The standard InChI is InChI=1S/C30H28F3N3O3/c1-38-19-7-9-25-23(14-19)24(15-34-25)29(37)28-27-21(22-13-20(39-2)8-10-26(22)35-27)11-12-36(28)16-17-3-5-18(6-4-17)30(31,32)33/h3-10,13-15,28-29,34-35,37H,11-12,16H2,1-2H3. The lowest BCUT2D eigenvalue weighted by atomic mass is 9.90. The third-order valence-corrected chi connectivity index (χ3v) is 7.69. The molecule has 202 valence electrons. The van der Waals surface area contributed by atoms with E-state index in [1.165, 1.54) is 12.1 Å². The Balaban J connectivity index is 1.44. The number of aliphatic hydroxyl groups excluding tert-OH is 1. The van der Waals surface area contributed by atoms with Gasteiger partial charge in [0.15, 0.2) is 0 Å². The number of aliphatic hydroxyl groups is 1. The number of H-pyrrole nitrogens is 2. The second-order valence-corrected chi connectivity index (χ2v) is 9.89. The number of fused-ring (bicyclic) bond motifs is 4. The molecule has 2 unspecified atom stereocenters. The minimum absolute atomic E-state index is 0.379. The average Bonchev–Trinajstić information content (AvgIpc) is 3.53. The van der Waals surface area contributed by atoms with Gasteiger partial charge in [0.1, 0.15) is 17.6 Å². The van der Waals surface area contributed by atoms with E-state index in [4.69, 9.17) is 9.47 Å². The number of halogens is 3. The number of rotatable bonds is 6. The van der Waals surface area contributed by atoms with E-state index in [1.54, 1.807) is 14.2 Å². The quantitative estimate of drug-likeness (QED) is 0.232. The van der Waals surface area contributed by atoms with Crippen molar-refractivity contribution >= 4 is 21.8 Å². The van der Waals surface area contributed by atoms with Gasteiger partial charge >= 0.3 is 6.18 Å². The molecule has 0 saturated heterocycles. The molecule has 0 aliphatic carbocycles. The van der Waals surface area contributed by atoms with Crippen LogP contribution in [0, 0.1) is 0 Å². The van der Waals surface area contributed by atoms with E-state index in [9.17, 15) is 18.3 Å². The summed E-state index contributed by atoms with van der Waals surface area (Å²) in [6.07, 6.45) is -2.80. The van der Waals surface area contributed by atoms with Gasteiger partial charge in [-0.05, 0) is 66.1 Å². The monoisotopic (exact) mass is 535 g/mol. The number of ether oxygens (including phenoxy) is 2. The molecule has 2 aromatic heterocycles. The number of hydrogen-bond donors (Lipinski definition) is 3. The van der Waals surface area contributed by atoms with Gasteiger partial charge in [-0.2, -0.15) is 13.2 Å². The molecule has 0 saturated carbocycles. The van der Waals surface area contributed by atoms with Gasteiger partial charge in [0.25, 0.3) is 0 Å². The van der Waals surface area contributed by atoms with Crippen LogP contribution in [0.15, 0.2) is 66.9 Å². The lowest BCUT2D eigenvalue weighted by molar-refractivity contribution is -0.137. The fourth-order valence-corrected chi connectivity index (χ4v) is 5.71. The van der Waals surface area contributed by atoms with Crippen molar-refractivity contribution in [1.82, 2.24) is 14.9 Å². The first kappa shape index (κ1) is 25.3. The molecule has 0 spiro atoms. The van der Waals surface area contributed by atoms with E-state index in [0.717, 1.165) is 62.1 Å². The van der Waals surface area contributed by atoms with E-state index in [2.05, 4.69) is 14.9 Å². The number of nitrogens with zero attached hydrogens (tertiary/aromatic N) is 1. The van der Waals surface area contributed by atoms with Crippen molar-refractivity contribution in [2.45, 2.75) is 31.3 Å². The van der Waals surface area contributed by atoms with Crippen LogP contribution in [-0.4, -0.2) is 40.7 Å². The maximum Gasteiger partial charge on any atom is 0.416 e. The number of methoxy groups -OCH3 is 2. The van der Waals surface area contributed by atoms with Crippen molar-refractivity contribution in [3.8, 4) is 11.5 Å². The maximum atomic E-state index is 13.1. The van der Waals surface area contributed by atoms with Crippen LogP contribution in [0.5, 0.6) is 11.5 Å². The summed E-state index contributed by atoms with van der Waals surface area (Å²) in [7, 11) is 3.23. The summed E-state index contributed by atoms with van der Waals surface area (Å²) in [6, 6.07) is 16.3. The van der Waals surface area contributed by atoms with Crippen LogP contribution in [0.2, 0.25) is 0 Å². The predicted molar refractivity (Wildman–Crippen MR) is 143 cm³/mol. The van der Waals surface area contributed by atoms with Gasteiger partial charge in [-0.3, -0.25) is 4.90 Å². The number of aromatic nitrogens is 2. The van der Waals surface area contributed by atoms with E-state index >= 15 is 0 Å². The zero-order valence-corrected chi connectivity index (χ0v) is 21.5. The number of benzene rings is 3. The van der Waals surface area contributed by atoms with Crippen LogP contribution in [0.3, 0.4) is 0 Å². The predicted octanol–water partition coefficient (Wildman–Crippen LogP) is 6.52. The van der Waals surface area contributed by atoms with E-state index < -0.39 is 23.9 Å². The molecule has 6 nitrogen and oxygen atoms in total. The molecule has 9 heteroatoms. The molecular formula is C30H28F3N3O3. The van der Waals surface area contributed by atoms with E-state index in [0.29, 0.717) is 25.3 Å². The molecule has 3 N–H and O–H groups in total. The van der Waals surface area contributed by atoms with Crippen LogP contribution in [0.25, 0.3) is 21.8 Å². The Kier molecular flexibility index (Phi) is 6.28. The molecule has 1 aliphatic heterocycles. The summed E-state index contributed by atoms with van der Waals surface area (Å²) in [6.45, 7) is 0.995. The molecule has 0 bridgehead atoms. The van der Waals surface area contributed by atoms with Crippen molar-refractivity contribution in [1.29, 1.82) is 0 Å². The Morgan fingerprint density at radius 3 is 2.28 bits per heavy atom. The second kappa shape index (κ2) is 9.66. The highest BCUT2D eigenvalue weighted by Crippen LogP contribution is 2.44. The van der Waals surface area contributed by atoms with Crippen molar-refractivity contribution in [2.75, 3.05) is 20.8 Å². The molecule has 2 atom stereocenters. The summed E-state index contributed by atoms with van der Waals surface area (Å²) in [5, 5.41) is 13.9. The van der Waals surface area contributed by atoms with Crippen LogP contribution >= 0.6 is 0 Å². The van der Waals surface area contributed by atoms with Gasteiger partial charge in [0.2, 0.25) is 0 Å². The molecule has 1 aliphatic rings. The minimum atomic E-state index is -4.39. The smallest absolute Gasteiger partial charge is 0.416 e. The van der Waals surface area contributed by atoms with Gasteiger partial charge in [-0.25, -0.2) is 0 Å². The van der Waals surface area contributed by atoms with Crippen molar-refractivity contribution < 1.29 is 27.8 Å². The van der Waals surface area contributed by atoms with Gasteiger partial charge in [0, 0.05) is 52.3 Å². The summed E-state index contributed by atoms with van der Waals surface area (Å²) in [5.74, 6) is 1.43. The van der Waals surface area contributed by atoms with E-state index in [-0.39, 0.29) is 0 Å². The fraction of sp³-hybridized carbons (Fsp3) is 0.267. The lowest BCUT2D eigenvalue weighted by Gasteiger charge is -2.38. The summed E-state index contributed by atoms with van der Waals surface area (Å²) in [5.41, 5.74) is 4.58. The first-order chi connectivity index (χ1) is 18.8. The highest BCUT2D eigenvalue weighted by molar-refractivity contribution is 5.87. The largest absolute Gasteiger partial charge is 0.497 e. The molecule has 0 radical (unpaired) electrons. The average molecular weight is 536 g/mol. The zero-order chi connectivity index (χ0) is 27.3. The highest BCUT2D eigenvalue weighted by atomic mass is 19.4. The molecule has 3 aromatic carbocycles. The van der Waals surface area contributed by atoms with E-state index in [1.807, 2.05) is 42.6 Å². The van der Waals surface area contributed by atoms with Crippen molar-refractivity contribution in [3.05, 3.63) is 94.8 Å². The maximum absolute atomic E-state index is 13.1. The third-order valence-electron chi connectivity index (χ3n) is 7.69. The Labute approximate surface area is 223 Å². The summed E-state index contributed by atoms with van der Waals surface area (Å²) in [4.78, 5) is 8.90. The Hall–Kier alpha value is -3.95. The summed E-state index contributed by atoms with van der Waals surface area (Å²) >= 11 is 0. The Morgan fingerprint density at radius 2 is 1.62 bits per heavy atom. The number of nitrogens with one attached hydrogen (secondary N) is 2. The Morgan fingerprint density at radius 1 is 0.949 bits per heavy atom. The number of aromatic amines is 2. The normalized spacial score (nSPS) is 16.9. The molecule has 6 rings (SSSR count). The molecule has 0 amide bonds. The Bertz CT molecular complexity index is 1640. The van der Waals surface area contributed by atoms with Gasteiger partial charge in [0.05, 0.1) is 25.8 Å². The highest BCUT2D eigenvalue weighted by Gasteiger charge is 2.37. The topological polar surface area (TPSA) is 73.5 Å². The van der Waals surface area contributed by atoms with Crippen molar-refractivity contribution in [2.24, 2.45) is 0 Å². The zero-order valence-electron chi connectivity index (χ0n) is 21.5. The third kappa shape index (κ3) is 4.51. The number of hydrogen-bond acceptors (Lipinski definition) is 4. The molecular weight excluding hydrogens is 507 g/mol. The van der Waals surface area contributed by atoms with Gasteiger partial charge < -0.3 is 24.5 Å². The second-order valence-electron chi connectivity index (χ2n) is 9.89. The number of alkyl halides is 3. The molecule has 3 heterocycles. The molecule has 0 fully saturated rings. The SMILES string of the molecule is COc1ccc2[nH]cc(C(O)C3c4[nH]c5ccc(OC)cc5c4CCN3Cc3ccc(C(F)(F)F)cc3)c2c1. The van der Waals surface area contributed by atoms with Crippen LogP contribution in [0.4, 0.5) is 13.2 Å². The minimum Gasteiger partial charge on any atom is -0.497 e. The van der Waals surface area contributed by atoms with Gasteiger partial charge in [-0.15, -0.1) is 0 Å². The van der Waals surface area contributed by atoms with Crippen LogP contribution < -0.4 is 9.47 Å². The van der Waals surface area contributed by atoms with Crippen LogP contribution in [-0.2, 0) is 19.1 Å². The first-order valence-electron chi connectivity index (χ1n) is 12.7.